The molecular formula is C30H35N9O. The van der Waals surface area contributed by atoms with Crippen molar-refractivity contribution in [3.8, 4) is 6.07 Å². The zero-order valence-electron chi connectivity index (χ0n) is 23.7. The van der Waals surface area contributed by atoms with Crippen LogP contribution in [0.25, 0.3) is 11.0 Å². The highest BCUT2D eigenvalue weighted by molar-refractivity contribution is 6.05. The third kappa shape index (κ3) is 6.68. The SMILES string of the molecule is C=C(/C=C\C=C(/C)C(C)(C)C#N)C(=O)Nc1ccc(C)c(Nc2ncnc3cnc(N4CCN(C)CC4)nc23)c1. The predicted octanol–water partition coefficient (Wildman–Crippen LogP) is 4.77. The third-order valence-electron chi connectivity index (χ3n) is 7.10. The Morgan fingerprint density at radius 3 is 2.65 bits per heavy atom. The van der Waals surface area contributed by atoms with Gasteiger partial charge in [0.25, 0.3) is 5.91 Å². The molecule has 40 heavy (non-hydrogen) atoms. The Bertz CT molecular complexity index is 1530. The lowest BCUT2D eigenvalue weighted by molar-refractivity contribution is -0.112. The molecule has 10 heteroatoms. The summed E-state index contributed by atoms with van der Waals surface area (Å²) >= 11 is 0. The van der Waals surface area contributed by atoms with Crippen LogP contribution in [0.1, 0.15) is 26.3 Å². The molecule has 1 aliphatic rings. The van der Waals surface area contributed by atoms with Gasteiger partial charge in [-0.2, -0.15) is 5.26 Å². The molecule has 3 aromatic rings. The van der Waals surface area contributed by atoms with Gasteiger partial charge < -0.3 is 20.4 Å². The van der Waals surface area contributed by atoms with Crippen LogP contribution in [0.3, 0.4) is 0 Å². The van der Waals surface area contributed by atoms with Crippen molar-refractivity contribution >= 4 is 40.1 Å². The Labute approximate surface area is 235 Å². The fourth-order valence-electron chi connectivity index (χ4n) is 3.95. The van der Waals surface area contributed by atoms with Crippen LogP contribution >= 0.6 is 0 Å². The Hall–Kier alpha value is -4.62. The highest BCUT2D eigenvalue weighted by atomic mass is 16.1. The quantitative estimate of drug-likeness (QED) is 0.309. The van der Waals surface area contributed by atoms with Crippen molar-refractivity contribution in [2.45, 2.75) is 27.7 Å². The van der Waals surface area contributed by atoms with E-state index in [4.69, 9.17) is 4.98 Å². The molecule has 1 aliphatic heterocycles. The number of likely N-dealkylation sites (N-methyl/N-ethyl adjacent to an activating group) is 1. The highest BCUT2D eigenvalue weighted by Gasteiger charge is 2.19. The van der Waals surface area contributed by atoms with Gasteiger partial charge in [0.15, 0.2) is 5.82 Å². The molecule has 206 valence electrons. The van der Waals surface area contributed by atoms with Crippen molar-refractivity contribution in [3.05, 3.63) is 72.2 Å². The molecule has 1 aromatic carbocycles. The lowest BCUT2D eigenvalue weighted by Gasteiger charge is -2.32. The fraction of sp³-hybridized carbons (Fsp3) is 0.333. The first-order chi connectivity index (χ1) is 19.1. The molecule has 0 atom stereocenters. The number of carbonyl (C=O) groups is 1. The number of aromatic nitrogens is 4. The Kier molecular flexibility index (Phi) is 8.55. The number of nitriles is 1. The standard InChI is InChI=1S/C30H35N9O/c1-20-10-11-23(35-28(40)21(2)8-7-9-22(3)30(4,5)18-31)16-24(20)36-27-26-25(33-19-34-27)17-32-29(37-26)39-14-12-38(6)13-15-39/h7-11,16-17,19H,2,12-15H2,1,3-6H3,(H,35,40)(H,33,34,36)/b8-7-,22-9+. The first-order valence-electron chi connectivity index (χ1n) is 13.1. The van der Waals surface area contributed by atoms with E-state index in [0.717, 1.165) is 43.0 Å². The molecule has 10 nitrogen and oxygen atoms in total. The second kappa shape index (κ2) is 12.1. The van der Waals surface area contributed by atoms with E-state index in [9.17, 15) is 10.1 Å². The number of nitrogens with zero attached hydrogens (tertiary/aromatic N) is 7. The van der Waals surface area contributed by atoms with Crippen LogP contribution in [0, 0.1) is 23.7 Å². The van der Waals surface area contributed by atoms with Crippen molar-refractivity contribution in [1.82, 2.24) is 24.8 Å². The normalized spacial score (nSPS) is 14.8. The number of rotatable bonds is 8. The molecule has 1 fully saturated rings. The van der Waals surface area contributed by atoms with Gasteiger partial charge in [0.2, 0.25) is 5.95 Å². The third-order valence-corrected chi connectivity index (χ3v) is 7.10. The van der Waals surface area contributed by atoms with Gasteiger partial charge in [0.1, 0.15) is 17.4 Å². The second-order valence-electron chi connectivity index (χ2n) is 10.5. The minimum Gasteiger partial charge on any atom is -0.338 e. The van der Waals surface area contributed by atoms with Crippen LogP contribution in [-0.4, -0.2) is 64.0 Å². The Morgan fingerprint density at radius 2 is 1.93 bits per heavy atom. The van der Waals surface area contributed by atoms with Crippen LogP contribution in [0.5, 0.6) is 0 Å². The van der Waals surface area contributed by atoms with Gasteiger partial charge >= 0.3 is 0 Å². The summed E-state index contributed by atoms with van der Waals surface area (Å²) < 4.78 is 0. The molecule has 1 amide bonds. The summed E-state index contributed by atoms with van der Waals surface area (Å²) in [5, 5.41) is 15.5. The number of amides is 1. The van der Waals surface area contributed by atoms with Crippen LogP contribution in [0.4, 0.5) is 23.1 Å². The van der Waals surface area contributed by atoms with Gasteiger partial charge in [-0.1, -0.05) is 36.4 Å². The average Bonchev–Trinajstić information content (AvgIpc) is 2.95. The van der Waals surface area contributed by atoms with E-state index < -0.39 is 5.41 Å². The van der Waals surface area contributed by atoms with Crippen molar-refractivity contribution in [1.29, 1.82) is 5.26 Å². The van der Waals surface area contributed by atoms with E-state index in [1.807, 2.05) is 52.0 Å². The smallest absolute Gasteiger partial charge is 0.255 e. The molecule has 0 saturated carbocycles. The van der Waals surface area contributed by atoms with Crippen molar-refractivity contribution in [3.63, 3.8) is 0 Å². The predicted molar refractivity (Wildman–Crippen MR) is 159 cm³/mol. The topological polar surface area (TPSA) is 123 Å². The van der Waals surface area contributed by atoms with Crippen molar-refractivity contribution < 1.29 is 4.79 Å². The summed E-state index contributed by atoms with van der Waals surface area (Å²) in [6, 6.07) is 7.86. The largest absolute Gasteiger partial charge is 0.338 e. The molecule has 0 unspecified atom stereocenters. The van der Waals surface area contributed by atoms with E-state index >= 15 is 0 Å². The number of hydrogen-bond donors (Lipinski definition) is 2. The van der Waals surface area contributed by atoms with Crippen LogP contribution < -0.4 is 15.5 Å². The minimum atomic E-state index is -0.577. The van der Waals surface area contributed by atoms with E-state index in [0.29, 0.717) is 34.1 Å². The molecule has 4 rings (SSSR count). The number of aryl methyl sites for hydroxylation is 1. The molecule has 1 saturated heterocycles. The minimum absolute atomic E-state index is 0.295. The summed E-state index contributed by atoms with van der Waals surface area (Å²) in [5.41, 5.74) is 4.23. The zero-order valence-corrected chi connectivity index (χ0v) is 23.7. The molecule has 0 radical (unpaired) electrons. The summed E-state index contributed by atoms with van der Waals surface area (Å²) in [7, 11) is 2.11. The van der Waals surface area contributed by atoms with Crippen LogP contribution in [0.15, 0.2) is 66.7 Å². The zero-order chi connectivity index (χ0) is 28.9. The van der Waals surface area contributed by atoms with Crippen molar-refractivity contribution in [2.24, 2.45) is 5.41 Å². The summed E-state index contributed by atoms with van der Waals surface area (Å²) in [6.07, 6.45) is 8.39. The van der Waals surface area contributed by atoms with Gasteiger partial charge in [-0.3, -0.25) is 4.79 Å². The monoisotopic (exact) mass is 537 g/mol. The number of allylic oxidation sites excluding steroid dienone is 3. The second-order valence-corrected chi connectivity index (χ2v) is 10.5. The van der Waals surface area contributed by atoms with E-state index in [2.05, 4.69) is 55.1 Å². The van der Waals surface area contributed by atoms with E-state index in [1.54, 1.807) is 18.3 Å². The highest BCUT2D eigenvalue weighted by Crippen LogP contribution is 2.28. The van der Waals surface area contributed by atoms with Crippen molar-refractivity contribution in [2.75, 3.05) is 48.8 Å². The molecule has 0 aliphatic carbocycles. The number of benzene rings is 1. The number of hydrogen-bond acceptors (Lipinski definition) is 9. The molecule has 2 N–H and O–H groups in total. The first kappa shape index (κ1) is 28.4. The van der Waals surface area contributed by atoms with Gasteiger partial charge in [-0.15, -0.1) is 0 Å². The molecular weight excluding hydrogens is 502 g/mol. The van der Waals surface area contributed by atoms with Gasteiger partial charge in [0.05, 0.1) is 17.7 Å². The first-order valence-corrected chi connectivity index (χ1v) is 13.1. The Balaban J connectivity index is 1.50. The average molecular weight is 538 g/mol. The Morgan fingerprint density at radius 1 is 1.18 bits per heavy atom. The van der Waals surface area contributed by atoms with Gasteiger partial charge in [-0.05, 0) is 52.4 Å². The maximum atomic E-state index is 12.8. The van der Waals surface area contributed by atoms with Gasteiger partial charge in [0, 0.05) is 43.1 Å². The van der Waals surface area contributed by atoms with E-state index in [1.165, 1.54) is 6.33 Å². The lowest BCUT2D eigenvalue weighted by atomic mass is 9.87. The van der Waals surface area contributed by atoms with Crippen LogP contribution in [0.2, 0.25) is 0 Å². The maximum absolute atomic E-state index is 12.8. The fourth-order valence-corrected chi connectivity index (χ4v) is 3.95. The summed E-state index contributed by atoms with van der Waals surface area (Å²) in [6.45, 7) is 15.0. The number of nitrogens with one attached hydrogen (secondary N) is 2. The molecule has 3 heterocycles. The maximum Gasteiger partial charge on any atom is 0.255 e. The number of carbonyl (C=O) groups excluding carboxylic acids is 1. The number of anilines is 4. The number of piperazine rings is 1. The molecule has 0 bridgehead atoms. The van der Waals surface area contributed by atoms with Crippen LogP contribution in [-0.2, 0) is 4.79 Å². The van der Waals surface area contributed by atoms with Gasteiger partial charge in [-0.25, -0.2) is 19.9 Å². The molecule has 2 aromatic heterocycles. The summed E-state index contributed by atoms with van der Waals surface area (Å²) in [5.74, 6) is 0.891. The van der Waals surface area contributed by atoms with E-state index in [-0.39, 0.29) is 5.91 Å². The molecule has 0 spiro atoms. The summed E-state index contributed by atoms with van der Waals surface area (Å²) in [4.78, 5) is 35.4. The lowest BCUT2D eigenvalue weighted by Crippen LogP contribution is -2.45. The number of fused-ring (bicyclic) bond motifs is 1.